The maximum absolute atomic E-state index is 13.7. The maximum Gasteiger partial charge on any atom is 0.269 e. The van der Waals surface area contributed by atoms with E-state index in [9.17, 15) is 22.4 Å². The van der Waals surface area contributed by atoms with Crippen molar-refractivity contribution in [2.45, 2.75) is 6.42 Å². The van der Waals surface area contributed by atoms with Gasteiger partial charge in [0, 0.05) is 6.54 Å². The molecule has 0 bridgehead atoms. The first-order valence-corrected chi connectivity index (χ1v) is 8.34. The maximum atomic E-state index is 13.7. The van der Waals surface area contributed by atoms with E-state index in [1.54, 1.807) is 18.2 Å². The zero-order chi connectivity index (χ0) is 20.1. The minimum absolute atomic E-state index is 0.102. The zero-order valence-electron chi connectivity index (χ0n) is 14.5. The van der Waals surface area contributed by atoms with E-state index in [2.05, 4.69) is 15.6 Å². The van der Waals surface area contributed by atoms with Crippen LogP contribution in [0.4, 0.5) is 28.9 Å². The molecule has 28 heavy (non-hydrogen) atoms. The minimum Gasteiger partial charge on any atom is -0.352 e. The second-order valence-electron chi connectivity index (χ2n) is 5.88. The molecule has 2 aromatic carbocycles. The third kappa shape index (κ3) is 4.46. The molecule has 1 amide bonds. The van der Waals surface area contributed by atoms with Crippen LogP contribution in [0.5, 0.6) is 0 Å². The van der Waals surface area contributed by atoms with Crippen LogP contribution in [-0.2, 0) is 6.42 Å². The highest BCUT2D eigenvalue weighted by Gasteiger charge is 2.14. The Labute approximate surface area is 158 Å². The van der Waals surface area contributed by atoms with E-state index in [0.29, 0.717) is 12.0 Å². The fourth-order valence-corrected chi connectivity index (χ4v) is 2.48. The Bertz CT molecular complexity index is 993. The van der Waals surface area contributed by atoms with E-state index in [1.165, 1.54) is 24.4 Å². The van der Waals surface area contributed by atoms with Crippen molar-refractivity contribution in [1.82, 2.24) is 10.3 Å². The SMILES string of the molecule is O=C(NCCc1ccccc1F)c1ccc(Nc2ccc(F)c(F)c2F)cn1. The lowest BCUT2D eigenvalue weighted by atomic mass is 10.1. The highest BCUT2D eigenvalue weighted by molar-refractivity contribution is 5.92. The number of aromatic nitrogens is 1. The summed E-state index contributed by atoms with van der Waals surface area (Å²) in [6.45, 7) is 0.224. The van der Waals surface area contributed by atoms with Gasteiger partial charge >= 0.3 is 0 Å². The number of nitrogens with zero attached hydrogens (tertiary/aromatic N) is 1. The van der Waals surface area contributed by atoms with Gasteiger partial charge in [0.15, 0.2) is 17.5 Å². The monoisotopic (exact) mass is 389 g/mol. The summed E-state index contributed by atoms with van der Waals surface area (Å²) in [5.74, 6) is -5.01. The van der Waals surface area contributed by atoms with Crippen molar-refractivity contribution in [2.75, 3.05) is 11.9 Å². The van der Waals surface area contributed by atoms with Gasteiger partial charge in [-0.15, -0.1) is 0 Å². The number of benzene rings is 2. The number of anilines is 2. The number of carbonyl (C=O) groups excluding carboxylic acids is 1. The molecule has 0 unspecified atom stereocenters. The smallest absolute Gasteiger partial charge is 0.269 e. The standard InChI is InChI=1S/C20H15F4N3O/c21-14-4-2-1-3-12(14)9-10-25-20(28)17-7-5-13(11-26-17)27-16-8-6-15(22)18(23)19(16)24/h1-8,11,27H,9-10H2,(H,25,28). The summed E-state index contributed by atoms with van der Waals surface area (Å²) in [5.41, 5.74) is 0.615. The number of hydrogen-bond donors (Lipinski definition) is 2. The van der Waals surface area contributed by atoms with Gasteiger partial charge in [-0.25, -0.2) is 22.5 Å². The summed E-state index contributed by atoms with van der Waals surface area (Å²) in [7, 11) is 0. The molecule has 2 N–H and O–H groups in total. The van der Waals surface area contributed by atoms with Crippen molar-refractivity contribution in [3.05, 3.63) is 89.3 Å². The van der Waals surface area contributed by atoms with Gasteiger partial charge in [-0.2, -0.15) is 0 Å². The molecular weight excluding hydrogens is 374 g/mol. The Morgan fingerprint density at radius 3 is 2.39 bits per heavy atom. The summed E-state index contributed by atoms with van der Waals surface area (Å²) in [4.78, 5) is 16.0. The Morgan fingerprint density at radius 2 is 1.68 bits per heavy atom. The van der Waals surface area contributed by atoms with E-state index in [0.717, 1.165) is 12.1 Å². The van der Waals surface area contributed by atoms with Crippen molar-refractivity contribution in [3.8, 4) is 0 Å². The molecule has 0 aliphatic carbocycles. The quantitative estimate of drug-likeness (QED) is 0.487. The molecular formula is C20H15F4N3O. The molecule has 0 radical (unpaired) electrons. The molecule has 0 saturated heterocycles. The number of halogens is 4. The van der Waals surface area contributed by atoms with E-state index in [1.807, 2.05) is 0 Å². The molecule has 8 heteroatoms. The van der Waals surface area contributed by atoms with Gasteiger partial charge in [0.05, 0.1) is 17.6 Å². The van der Waals surface area contributed by atoms with Crippen molar-refractivity contribution < 1.29 is 22.4 Å². The molecule has 0 spiro atoms. The van der Waals surface area contributed by atoms with Crippen molar-refractivity contribution in [3.63, 3.8) is 0 Å². The van der Waals surface area contributed by atoms with Gasteiger partial charge in [-0.3, -0.25) is 4.79 Å². The second-order valence-corrected chi connectivity index (χ2v) is 5.88. The number of rotatable bonds is 6. The molecule has 144 valence electrons. The van der Waals surface area contributed by atoms with Crippen molar-refractivity contribution in [2.24, 2.45) is 0 Å². The molecule has 3 aromatic rings. The molecule has 3 rings (SSSR count). The third-order valence-electron chi connectivity index (χ3n) is 3.95. The topological polar surface area (TPSA) is 54.0 Å². The van der Waals surface area contributed by atoms with Crippen LogP contribution in [-0.4, -0.2) is 17.4 Å². The molecule has 4 nitrogen and oxygen atoms in total. The van der Waals surface area contributed by atoms with Crippen LogP contribution in [0.3, 0.4) is 0 Å². The van der Waals surface area contributed by atoms with Gasteiger partial charge in [0.2, 0.25) is 0 Å². The molecule has 0 atom stereocenters. The number of amides is 1. The summed E-state index contributed by atoms with van der Waals surface area (Å²) in [5, 5.41) is 5.19. The Balaban J connectivity index is 1.58. The number of nitrogens with one attached hydrogen (secondary N) is 2. The van der Waals surface area contributed by atoms with Crippen LogP contribution < -0.4 is 10.6 Å². The van der Waals surface area contributed by atoms with Crippen molar-refractivity contribution >= 4 is 17.3 Å². The normalized spacial score (nSPS) is 10.6. The van der Waals surface area contributed by atoms with Crippen LogP contribution in [0.1, 0.15) is 16.1 Å². The first-order valence-electron chi connectivity index (χ1n) is 8.34. The Hall–Kier alpha value is -3.42. The average Bonchev–Trinajstić information content (AvgIpc) is 2.70. The lowest BCUT2D eigenvalue weighted by Gasteiger charge is -2.09. The first-order chi connectivity index (χ1) is 13.5. The minimum atomic E-state index is -1.58. The molecule has 1 aromatic heterocycles. The van der Waals surface area contributed by atoms with E-state index < -0.39 is 23.4 Å². The first kappa shape index (κ1) is 19.3. The Morgan fingerprint density at radius 1 is 0.893 bits per heavy atom. The van der Waals surface area contributed by atoms with E-state index in [-0.39, 0.29) is 29.4 Å². The summed E-state index contributed by atoms with van der Waals surface area (Å²) >= 11 is 0. The van der Waals surface area contributed by atoms with E-state index in [4.69, 9.17) is 0 Å². The summed E-state index contributed by atoms with van der Waals surface area (Å²) in [6, 6.07) is 11.0. The van der Waals surface area contributed by atoms with Crippen molar-refractivity contribution in [1.29, 1.82) is 0 Å². The average molecular weight is 389 g/mol. The number of carbonyl (C=O) groups is 1. The second kappa shape index (κ2) is 8.51. The van der Waals surface area contributed by atoms with Gasteiger partial charge in [0.1, 0.15) is 11.5 Å². The van der Waals surface area contributed by atoms with Gasteiger partial charge in [-0.05, 0) is 42.3 Å². The Kier molecular flexibility index (Phi) is 5.88. The highest BCUT2D eigenvalue weighted by atomic mass is 19.2. The number of pyridine rings is 1. The van der Waals surface area contributed by atoms with Crippen LogP contribution in [0.25, 0.3) is 0 Å². The fourth-order valence-electron chi connectivity index (χ4n) is 2.48. The molecule has 0 aliphatic heterocycles. The molecule has 0 saturated carbocycles. The lowest BCUT2D eigenvalue weighted by molar-refractivity contribution is 0.0949. The van der Waals surface area contributed by atoms with Crippen LogP contribution in [0, 0.1) is 23.3 Å². The molecule has 0 aliphatic rings. The van der Waals surface area contributed by atoms with Crippen LogP contribution >= 0.6 is 0 Å². The third-order valence-corrected chi connectivity index (χ3v) is 3.95. The molecule has 1 heterocycles. The van der Waals surface area contributed by atoms with Gasteiger partial charge < -0.3 is 10.6 Å². The fraction of sp³-hybridized carbons (Fsp3) is 0.100. The lowest BCUT2D eigenvalue weighted by Crippen LogP contribution is -2.26. The largest absolute Gasteiger partial charge is 0.352 e. The molecule has 0 fully saturated rings. The number of hydrogen-bond acceptors (Lipinski definition) is 3. The summed E-state index contributed by atoms with van der Waals surface area (Å²) < 4.78 is 53.4. The van der Waals surface area contributed by atoms with Crippen LogP contribution in [0.2, 0.25) is 0 Å². The van der Waals surface area contributed by atoms with Gasteiger partial charge in [0.25, 0.3) is 5.91 Å². The predicted octanol–water partition coefficient (Wildman–Crippen LogP) is 4.35. The highest BCUT2D eigenvalue weighted by Crippen LogP contribution is 2.23. The predicted molar refractivity (Wildman–Crippen MR) is 96.3 cm³/mol. The summed E-state index contributed by atoms with van der Waals surface area (Å²) in [6.07, 6.45) is 1.58. The van der Waals surface area contributed by atoms with E-state index >= 15 is 0 Å². The zero-order valence-corrected chi connectivity index (χ0v) is 14.5. The van der Waals surface area contributed by atoms with Crippen LogP contribution in [0.15, 0.2) is 54.7 Å². The van der Waals surface area contributed by atoms with Gasteiger partial charge in [-0.1, -0.05) is 18.2 Å².